The summed E-state index contributed by atoms with van der Waals surface area (Å²) >= 11 is 0. The summed E-state index contributed by atoms with van der Waals surface area (Å²) in [5, 5.41) is 6.14. The molecule has 1 aromatic rings. The number of likely N-dealkylation sites (tertiary alicyclic amines) is 1. The fraction of sp³-hybridized carbons (Fsp3) is 0.700. The van der Waals surface area contributed by atoms with Crippen LogP contribution in [0.2, 0.25) is 0 Å². The Morgan fingerprint density at radius 3 is 2.94 bits per heavy atom. The molecule has 6 nitrogen and oxygen atoms in total. The first-order chi connectivity index (χ1) is 7.79. The molecule has 1 aliphatic rings. The van der Waals surface area contributed by atoms with Gasteiger partial charge in [0.1, 0.15) is 6.33 Å². The fourth-order valence-corrected chi connectivity index (χ4v) is 1.95. The van der Waals surface area contributed by atoms with Gasteiger partial charge < -0.3 is 15.5 Å². The monoisotopic (exact) mass is 222 g/mol. The van der Waals surface area contributed by atoms with E-state index in [2.05, 4.69) is 37.5 Å². The van der Waals surface area contributed by atoms with E-state index in [1.165, 1.54) is 25.7 Å². The molecule has 0 spiro atoms. The van der Waals surface area contributed by atoms with Gasteiger partial charge in [-0.3, -0.25) is 0 Å². The molecule has 0 aliphatic carbocycles. The molecular weight excluding hydrogens is 204 g/mol. The summed E-state index contributed by atoms with van der Waals surface area (Å²) in [4.78, 5) is 14.6. The van der Waals surface area contributed by atoms with Crippen molar-refractivity contribution in [2.24, 2.45) is 0 Å². The molecule has 0 bridgehead atoms. The molecule has 0 saturated carbocycles. The second-order valence-corrected chi connectivity index (χ2v) is 4.04. The van der Waals surface area contributed by atoms with E-state index >= 15 is 0 Å². The molecule has 1 unspecified atom stereocenters. The van der Waals surface area contributed by atoms with Crippen molar-refractivity contribution in [1.29, 1.82) is 0 Å². The molecule has 2 N–H and O–H groups in total. The van der Waals surface area contributed by atoms with Crippen molar-refractivity contribution >= 4 is 11.9 Å². The lowest BCUT2D eigenvalue weighted by Gasteiger charge is -2.19. The Hall–Kier alpha value is -1.43. The van der Waals surface area contributed by atoms with Crippen LogP contribution >= 0.6 is 0 Å². The molecule has 1 atom stereocenters. The number of hydrogen-bond acceptors (Lipinski definition) is 6. The minimum absolute atomic E-state index is 0.592. The number of nitrogens with one attached hydrogen (secondary N) is 2. The van der Waals surface area contributed by atoms with E-state index in [4.69, 9.17) is 0 Å². The van der Waals surface area contributed by atoms with Gasteiger partial charge in [0.05, 0.1) is 0 Å². The van der Waals surface area contributed by atoms with Crippen LogP contribution in [0.3, 0.4) is 0 Å². The Kier molecular flexibility index (Phi) is 3.51. The third kappa shape index (κ3) is 2.57. The Labute approximate surface area is 95.5 Å². The van der Waals surface area contributed by atoms with Crippen LogP contribution < -0.4 is 10.6 Å². The topological polar surface area (TPSA) is 66.0 Å². The second kappa shape index (κ2) is 5.07. The second-order valence-electron chi connectivity index (χ2n) is 4.04. The van der Waals surface area contributed by atoms with Gasteiger partial charge in [0.25, 0.3) is 0 Å². The number of hydrogen-bond donors (Lipinski definition) is 2. The summed E-state index contributed by atoms with van der Waals surface area (Å²) in [6.07, 6.45) is 4.04. The molecule has 16 heavy (non-hydrogen) atoms. The van der Waals surface area contributed by atoms with E-state index in [0.717, 1.165) is 6.54 Å². The summed E-state index contributed by atoms with van der Waals surface area (Å²) in [6, 6.07) is 0.592. The van der Waals surface area contributed by atoms with Crippen LogP contribution in [0, 0.1) is 0 Å². The quantitative estimate of drug-likeness (QED) is 0.769. The van der Waals surface area contributed by atoms with Crippen molar-refractivity contribution in [3.05, 3.63) is 6.33 Å². The highest BCUT2D eigenvalue weighted by atomic mass is 15.2. The average molecular weight is 222 g/mol. The zero-order valence-corrected chi connectivity index (χ0v) is 9.77. The van der Waals surface area contributed by atoms with Gasteiger partial charge in [0, 0.05) is 19.6 Å². The smallest absolute Gasteiger partial charge is 0.227 e. The maximum Gasteiger partial charge on any atom is 0.227 e. The fourth-order valence-electron chi connectivity index (χ4n) is 1.95. The van der Waals surface area contributed by atoms with Crippen LogP contribution in [-0.4, -0.2) is 53.1 Å². The molecule has 1 fully saturated rings. The highest BCUT2D eigenvalue weighted by Crippen LogP contribution is 2.14. The zero-order valence-electron chi connectivity index (χ0n) is 9.77. The van der Waals surface area contributed by atoms with E-state index in [1.54, 1.807) is 7.05 Å². The van der Waals surface area contributed by atoms with Gasteiger partial charge >= 0.3 is 0 Å². The normalized spacial score (nSPS) is 21.0. The standard InChI is InChI=1S/C10H18N6/c1-11-9-13-7-14-10(15-9)12-6-8-4-3-5-16(8)2/h7-8H,3-6H2,1-2H3,(H2,11,12,13,14,15). The minimum Gasteiger partial charge on any atom is -0.357 e. The molecule has 6 heteroatoms. The van der Waals surface area contributed by atoms with Crippen LogP contribution in [0.1, 0.15) is 12.8 Å². The van der Waals surface area contributed by atoms with Gasteiger partial charge in [-0.25, -0.2) is 9.97 Å². The molecule has 2 heterocycles. The third-order valence-corrected chi connectivity index (χ3v) is 2.96. The number of rotatable bonds is 4. The largest absolute Gasteiger partial charge is 0.357 e. The zero-order chi connectivity index (χ0) is 11.4. The number of aromatic nitrogens is 3. The van der Waals surface area contributed by atoms with Crippen LogP contribution in [0.15, 0.2) is 6.33 Å². The van der Waals surface area contributed by atoms with Crippen molar-refractivity contribution in [3.8, 4) is 0 Å². The summed E-state index contributed by atoms with van der Waals surface area (Å²) in [5.74, 6) is 1.23. The molecule has 0 aromatic carbocycles. The van der Waals surface area contributed by atoms with Crippen LogP contribution in [-0.2, 0) is 0 Å². The Balaban J connectivity index is 1.88. The summed E-state index contributed by atoms with van der Waals surface area (Å²) in [6.45, 7) is 2.08. The summed E-state index contributed by atoms with van der Waals surface area (Å²) in [7, 11) is 3.95. The van der Waals surface area contributed by atoms with Gasteiger partial charge in [-0.1, -0.05) is 0 Å². The van der Waals surface area contributed by atoms with Crippen LogP contribution in [0.4, 0.5) is 11.9 Å². The molecule has 1 aromatic heterocycles. The predicted molar refractivity (Wildman–Crippen MR) is 63.5 cm³/mol. The van der Waals surface area contributed by atoms with Crippen LogP contribution in [0.5, 0.6) is 0 Å². The maximum absolute atomic E-state index is 4.21. The van der Waals surface area contributed by atoms with E-state index in [1.807, 2.05) is 0 Å². The lowest BCUT2D eigenvalue weighted by atomic mass is 10.2. The van der Waals surface area contributed by atoms with E-state index in [-0.39, 0.29) is 0 Å². The molecule has 2 rings (SSSR count). The van der Waals surface area contributed by atoms with Gasteiger partial charge in [0.15, 0.2) is 0 Å². The molecule has 0 amide bonds. The lowest BCUT2D eigenvalue weighted by molar-refractivity contribution is 0.322. The Morgan fingerprint density at radius 2 is 2.25 bits per heavy atom. The van der Waals surface area contributed by atoms with E-state index < -0.39 is 0 Å². The number of anilines is 2. The van der Waals surface area contributed by atoms with Gasteiger partial charge in [-0.05, 0) is 26.4 Å². The minimum atomic E-state index is 0.592. The van der Waals surface area contributed by atoms with Gasteiger partial charge in [-0.15, -0.1) is 0 Å². The third-order valence-electron chi connectivity index (χ3n) is 2.96. The Bertz CT molecular complexity index is 342. The molecule has 0 radical (unpaired) electrons. The highest BCUT2D eigenvalue weighted by molar-refractivity contribution is 5.32. The first-order valence-electron chi connectivity index (χ1n) is 5.60. The lowest BCUT2D eigenvalue weighted by Crippen LogP contribution is -2.32. The van der Waals surface area contributed by atoms with Crippen molar-refractivity contribution in [2.75, 3.05) is 37.8 Å². The van der Waals surface area contributed by atoms with Crippen molar-refractivity contribution < 1.29 is 0 Å². The first-order valence-corrected chi connectivity index (χ1v) is 5.60. The van der Waals surface area contributed by atoms with Gasteiger partial charge in [-0.2, -0.15) is 4.98 Å². The van der Waals surface area contributed by atoms with Crippen molar-refractivity contribution in [1.82, 2.24) is 19.9 Å². The Morgan fingerprint density at radius 1 is 1.44 bits per heavy atom. The molecule has 88 valence electrons. The molecular formula is C10H18N6. The van der Waals surface area contributed by atoms with Crippen molar-refractivity contribution in [3.63, 3.8) is 0 Å². The summed E-state index contributed by atoms with van der Waals surface area (Å²) < 4.78 is 0. The first kappa shape index (κ1) is 11.1. The number of nitrogens with zero attached hydrogens (tertiary/aromatic N) is 4. The maximum atomic E-state index is 4.21. The van der Waals surface area contributed by atoms with E-state index in [0.29, 0.717) is 17.9 Å². The van der Waals surface area contributed by atoms with Crippen LogP contribution in [0.25, 0.3) is 0 Å². The van der Waals surface area contributed by atoms with Gasteiger partial charge in [0.2, 0.25) is 11.9 Å². The molecule has 1 saturated heterocycles. The average Bonchev–Trinajstić information content (AvgIpc) is 2.72. The predicted octanol–water partition coefficient (Wildman–Crippen LogP) is 0.419. The number of likely N-dealkylation sites (N-methyl/N-ethyl adjacent to an activating group) is 1. The highest BCUT2D eigenvalue weighted by Gasteiger charge is 2.20. The van der Waals surface area contributed by atoms with E-state index in [9.17, 15) is 0 Å². The summed E-state index contributed by atoms with van der Waals surface area (Å²) in [5.41, 5.74) is 0. The van der Waals surface area contributed by atoms with Crippen molar-refractivity contribution in [2.45, 2.75) is 18.9 Å². The SMILES string of the molecule is CNc1ncnc(NCC2CCCN2C)n1. The molecule has 1 aliphatic heterocycles.